The zero-order valence-electron chi connectivity index (χ0n) is 13.2. The Balaban J connectivity index is 1.93. The number of fused-ring (bicyclic) bond motifs is 1. The van der Waals surface area contributed by atoms with E-state index in [4.69, 9.17) is 0 Å². The molecular weight excluding hydrogens is 290 g/mol. The number of rotatable bonds is 2. The highest BCUT2D eigenvalue weighted by molar-refractivity contribution is 6.54. The first-order valence-electron chi connectivity index (χ1n) is 7.27. The number of aryl methyl sites for hydroxylation is 2. The van der Waals surface area contributed by atoms with E-state index in [1.165, 1.54) is 0 Å². The maximum absolute atomic E-state index is 12.2. The molecule has 3 rings (SSSR count). The molecule has 1 aliphatic rings. The Bertz CT molecular complexity index is 830. The van der Waals surface area contributed by atoms with Crippen molar-refractivity contribution in [1.82, 2.24) is 0 Å². The molecule has 5 heteroatoms. The highest BCUT2D eigenvalue weighted by Crippen LogP contribution is 2.27. The van der Waals surface area contributed by atoms with Crippen LogP contribution in [0, 0.1) is 13.8 Å². The Kier molecular flexibility index (Phi) is 3.70. The lowest BCUT2D eigenvalue weighted by Gasteiger charge is -2.07. The van der Waals surface area contributed by atoms with E-state index in [-0.39, 0.29) is 11.7 Å². The summed E-state index contributed by atoms with van der Waals surface area (Å²) in [6, 6.07) is 11.1. The van der Waals surface area contributed by atoms with Gasteiger partial charge in [0.25, 0.3) is 5.91 Å². The number of phenolic OH excluding ortho intramolecular Hbond substituents is 1. The fraction of sp³-hybridized carbons (Fsp3) is 0.167. The number of hydrogen-bond acceptors (Lipinski definition) is 4. The molecule has 0 spiro atoms. The minimum absolute atomic E-state index is 0.165. The van der Waals surface area contributed by atoms with Gasteiger partial charge in [-0.25, -0.2) is 0 Å². The molecule has 0 radical (unpaired) electrons. The number of hydrogen-bond donors (Lipinski definition) is 1. The van der Waals surface area contributed by atoms with Crippen molar-refractivity contribution in [2.45, 2.75) is 13.8 Å². The highest BCUT2D eigenvalue weighted by atomic mass is 16.3. The molecule has 1 heterocycles. The van der Waals surface area contributed by atoms with Crippen LogP contribution in [0.15, 0.2) is 46.6 Å². The van der Waals surface area contributed by atoms with Gasteiger partial charge < -0.3 is 10.0 Å². The van der Waals surface area contributed by atoms with Crippen molar-refractivity contribution in [3.05, 3.63) is 58.7 Å². The number of nitrogens with zero attached hydrogens (tertiary/aromatic N) is 3. The van der Waals surface area contributed by atoms with E-state index in [0.29, 0.717) is 5.71 Å². The summed E-state index contributed by atoms with van der Waals surface area (Å²) in [7, 11) is 1.72. The van der Waals surface area contributed by atoms with Crippen LogP contribution in [0.5, 0.6) is 5.75 Å². The first-order chi connectivity index (χ1) is 11.0. The van der Waals surface area contributed by atoms with Crippen LogP contribution in [0.1, 0.15) is 22.3 Å². The normalized spacial score (nSPS) is 15.7. The van der Waals surface area contributed by atoms with E-state index in [2.05, 4.69) is 10.2 Å². The molecule has 1 aliphatic heterocycles. The van der Waals surface area contributed by atoms with E-state index < -0.39 is 0 Å². The van der Waals surface area contributed by atoms with Crippen LogP contribution in [0.4, 0.5) is 5.69 Å². The van der Waals surface area contributed by atoms with Gasteiger partial charge in [-0.05, 0) is 48.7 Å². The van der Waals surface area contributed by atoms with Crippen molar-refractivity contribution in [2.24, 2.45) is 10.2 Å². The molecule has 5 nitrogen and oxygen atoms in total. The van der Waals surface area contributed by atoms with E-state index in [1.54, 1.807) is 18.2 Å². The van der Waals surface area contributed by atoms with Gasteiger partial charge in [0.1, 0.15) is 5.75 Å². The summed E-state index contributed by atoms with van der Waals surface area (Å²) in [5.74, 6) is 0.122. The van der Waals surface area contributed by atoms with Crippen LogP contribution in [0.2, 0.25) is 0 Å². The van der Waals surface area contributed by atoms with Crippen molar-refractivity contribution in [1.29, 1.82) is 0 Å². The number of likely N-dealkylation sites (N-methyl/N-ethyl adjacent to an activating group) is 1. The van der Waals surface area contributed by atoms with Crippen molar-refractivity contribution in [3.63, 3.8) is 0 Å². The van der Waals surface area contributed by atoms with Gasteiger partial charge in [0.2, 0.25) is 0 Å². The van der Waals surface area contributed by atoms with Gasteiger partial charge in [-0.15, -0.1) is 5.10 Å². The van der Waals surface area contributed by atoms with Gasteiger partial charge in [-0.3, -0.25) is 4.79 Å². The van der Waals surface area contributed by atoms with Crippen molar-refractivity contribution < 1.29 is 9.90 Å². The molecule has 0 atom stereocenters. The first-order valence-corrected chi connectivity index (χ1v) is 7.27. The monoisotopic (exact) mass is 307 g/mol. The molecule has 0 saturated carbocycles. The lowest BCUT2D eigenvalue weighted by Crippen LogP contribution is -2.25. The molecule has 2 aromatic carbocycles. The summed E-state index contributed by atoms with van der Waals surface area (Å²) in [5.41, 5.74) is 4.35. The molecule has 2 aromatic rings. The molecule has 0 aliphatic carbocycles. The summed E-state index contributed by atoms with van der Waals surface area (Å²) < 4.78 is 0. The largest absolute Gasteiger partial charge is 0.507 e. The second-order valence-corrected chi connectivity index (χ2v) is 5.58. The number of benzene rings is 2. The smallest absolute Gasteiger partial charge is 0.279 e. The Labute approximate surface area is 134 Å². The number of phenols is 1. The Morgan fingerprint density at radius 2 is 1.78 bits per heavy atom. The average Bonchev–Trinajstić information content (AvgIpc) is 2.78. The third-order valence-electron chi connectivity index (χ3n) is 3.91. The molecule has 0 saturated heterocycles. The van der Waals surface area contributed by atoms with Crippen LogP contribution in [-0.4, -0.2) is 30.0 Å². The van der Waals surface area contributed by atoms with Gasteiger partial charge in [0.15, 0.2) is 5.71 Å². The quantitative estimate of drug-likeness (QED) is 0.685. The van der Waals surface area contributed by atoms with Crippen LogP contribution in [0.25, 0.3) is 0 Å². The van der Waals surface area contributed by atoms with Gasteiger partial charge in [0.05, 0.1) is 11.9 Å². The molecule has 0 unspecified atom stereocenters. The highest BCUT2D eigenvalue weighted by Gasteiger charge is 2.30. The number of carbonyl (C=O) groups excluding carboxylic acids is 1. The van der Waals surface area contributed by atoms with Gasteiger partial charge in [0, 0.05) is 12.6 Å². The molecule has 0 fully saturated rings. The summed E-state index contributed by atoms with van der Waals surface area (Å²) in [5, 5.41) is 17.9. The third-order valence-corrected chi connectivity index (χ3v) is 3.91. The summed E-state index contributed by atoms with van der Waals surface area (Å²) in [6.45, 7) is 3.66. The van der Waals surface area contributed by atoms with E-state index in [9.17, 15) is 9.90 Å². The molecule has 23 heavy (non-hydrogen) atoms. The second-order valence-electron chi connectivity index (χ2n) is 5.58. The number of carbonyl (C=O) groups is 1. The third kappa shape index (κ3) is 2.61. The molecule has 116 valence electrons. The van der Waals surface area contributed by atoms with Crippen molar-refractivity contribution in [3.8, 4) is 5.75 Å². The topological polar surface area (TPSA) is 65.3 Å². The predicted molar refractivity (Wildman–Crippen MR) is 91.6 cm³/mol. The SMILES string of the molecule is Cc1cc(/C=N/N=C2/C(=O)N(C)c3ccccc32)cc(C)c1O. The molecule has 1 amide bonds. The minimum atomic E-state index is -0.165. The first kappa shape index (κ1) is 15.0. The maximum Gasteiger partial charge on any atom is 0.279 e. The summed E-state index contributed by atoms with van der Waals surface area (Å²) in [6.07, 6.45) is 1.58. The maximum atomic E-state index is 12.2. The van der Waals surface area contributed by atoms with Gasteiger partial charge in [-0.2, -0.15) is 5.10 Å². The van der Waals surface area contributed by atoms with Gasteiger partial charge >= 0.3 is 0 Å². The van der Waals surface area contributed by atoms with Crippen molar-refractivity contribution in [2.75, 3.05) is 11.9 Å². The fourth-order valence-electron chi connectivity index (χ4n) is 2.66. The minimum Gasteiger partial charge on any atom is -0.507 e. The van der Waals surface area contributed by atoms with Crippen LogP contribution in [0.3, 0.4) is 0 Å². The van der Waals surface area contributed by atoms with Gasteiger partial charge in [-0.1, -0.05) is 18.2 Å². The fourth-order valence-corrected chi connectivity index (χ4v) is 2.66. The summed E-state index contributed by atoms with van der Waals surface area (Å²) >= 11 is 0. The van der Waals surface area contributed by atoms with Crippen LogP contribution < -0.4 is 4.90 Å². The molecule has 0 bridgehead atoms. The van der Waals surface area contributed by atoms with E-state index in [1.807, 2.05) is 50.2 Å². The molecular formula is C18H17N3O2. The van der Waals surface area contributed by atoms with Crippen LogP contribution >= 0.6 is 0 Å². The number of amides is 1. The Hall–Kier alpha value is -2.95. The number of para-hydroxylation sites is 1. The molecule has 1 N–H and O–H groups in total. The Morgan fingerprint density at radius 3 is 2.48 bits per heavy atom. The van der Waals surface area contributed by atoms with E-state index >= 15 is 0 Å². The van der Waals surface area contributed by atoms with E-state index in [0.717, 1.165) is 27.9 Å². The Morgan fingerprint density at radius 1 is 1.13 bits per heavy atom. The summed E-state index contributed by atoms with van der Waals surface area (Å²) in [4.78, 5) is 13.8. The lowest BCUT2D eigenvalue weighted by molar-refractivity contribution is -0.111. The average molecular weight is 307 g/mol. The second kappa shape index (κ2) is 5.68. The zero-order valence-corrected chi connectivity index (χ0v) is 13.2. The lowest BCUT2D eigenvalue weighted by atomic mass is 10.1. The number of anilines is 1. The van der Waals surface area contributed by atoms with Crippen LogP contribution in [-0.2, 0) is 4.79 Å². The predicted octanol–water partition coefficient (Wildman–Crippen LogP) is 2.81. The van der Waals surface area contributed by atoms with Crippen molar-refractivity contribution >= 4 is 23.5 Å². The standard InChI is InChI=1S/C18H17N3O2/c1-11-8-13(9-12(2)17(11)22)10-19-20-16-14-6-4-5-7-15(14)21(3)18(16)23/h4-10,22H,1-3H3/b19-10+,20-16+. The molecule has 0 aromatic heterocycles. The zero-order chi connectivity index (χ0) is 16.6. The number of aromatic hydroxyl groups is 1.